The zero-order valence-electron chi connectivity index (χ0n) is 16.8. The van der Waals surface area contributed by atoms with E-state index in [9.17, 15) is 4.79 Å². The summed E-state index contributed by atoms with van der Waals surface area (Å²) >= 11 is 1.53. The zero-order valence-corrected chi connectivity index (χ0v) is 17.6. The Morgan fingerprint density at radius 3 is 2.45 bits per heavy atom. The van der Waals surface area contributed by atoms with Gasteiger partial charge in [0.2, 0.25) is 5.75 Å². The van der Waals surface area contributed by atoms with Gasteiger partial charge in [0, 0.05) is 6.07 Å². The number of carbonyl (C=O) groups is 1. The van der Waals surface area contributed by atoms with Gasteiger partial charge in [-0.1, -0.05) is 54.6 Å². The summed E-state index contributed by atoms with van der Waals surface area (Å²) in [6.45, 7) is 2.38. The van der Waals surface area contributed by atoms with Crippen molar-refractivity contribution in [3.8, 4) is 11.5 Å². The van der Waals surface area contributed by atoms with Crippen LogP contribution >= 0.6 is 11.9 Å². The van der Waals surface area contributed by atoms with Gasteiger partial charge in [-0.05, 0) is 30.2 Å². The lowest BCUT2D eigenvalue weighted by Gasteiger charge is -2.36. The molecule has 0 N–H and O–H groups in total. The quantitative estimate of drug-likeness (QED) is 0.410. The van der Waals surface area contributed by atoms with Crippen LogP contribution in [0.15, 0.2) is 77.7 Å². The molecule has 0 saturated carbocycles. The van der Waals surface area contributed by atoms with E-state index in [4.69, 9.17) is 9.47 Å². The number of benzene rings is 3. The average Bonchev–Trinajstić information content (AvgIpc) is 2.76. The summed E-state index contributed by atoms with van der Waals surface area (Å²) in [5.74, 6) is 1.14. The summed E-state index contributed by atoms with van der Waals surface area (Å²) in [6.07, 6.45) is 0. The summed E-state index contributed by atoms with van der Waals surface area (Å²) in [5.41, 5.74) is 2.92. The van der Waals surface area contributed by atoms with E-state index in [1.54, 1.807) is 7.11 Å². The number of nitrogens with zero attached hydrogens (tertiary/aromatic N) is 1. The molecule has 1 heterocycles. The van der Waals surface area contributed by atoms with Crippen molar-refractivity contribution in [2.75, 3.05) is 14.2 Å². The number of methoxy groups -OCH3 is 1. The van der Waals surface area contributed by atoms with E-state index in [1.807, 2.05) is 80.7 Å². The zero-order chi connectivity index (χ0) is 20.4. The monoisotopic (exact) mass is 406 g/mol. The molecular formula is C24H24NO3S+. The van der Waals surface area contributed by atoms with Crippen molar-refractivity contribution in [1.82, 2.24) is 3.89 Å². The Labute approximate surface area is 175 Å². The molecule has 2 atom stereocenters. The molecule has 0 bridgehead atoms. The first-order chi connectivity index (χ1) is 14.0. The highest BCUT2D eigenvalue weighted by molar-refractivity contribution is 7.99. The molecule has 1 amide bonds. The standard InChI is InChI=1S/C24H24NO3S/c1-17-19-12-7-8-15-22(19)29-25(2,24(17)26)20-13-9-14-21(27-3)23(20)28-16-18-10-5-4-6-11-18/h4-15,17H,16H2,1-3H3/q+1. The Bertz CT molecular complexity index is 1040. The summed E-state index contributed by atoms with van der Waals surface area (Å²) < 4.78 is 11.9. The molecule has 0 aromatic heterocycles. The molecule has 29 heavy (non-hydrogen) atoms. The van der Waals surface area contributed by atoms with Gasteiger partial charge >= 0.3 is 5.91 Å². The minimum Gasteiger partial charge on any atom is -0.493 e. The third kappa shape index (κ3) is 3.52. The fraction of sp³-hybridized carbons (Fsp3) is 0.208. The molecule has 2 unspecified atom stereocenters. The Kier molecular flexibility index (Phi) is 5.35. The molecule has 5 heteroatoms. The third-order valence-corrected chi connectivity index (χ3v) is 6.63. The first-order valence-corrected chi connectivity index (χ1v) is 10.4. The maximum atomic E-state index is 13.5. The van der Waals surface area contributed by atoms with Gasteiger partial charge in [0.05, 0.1) is 25.0 Å². The van der Waals surface area contributed by atoms with E-state index < -0.39 is 0 Å². The van der Waals surface area contributed by atoms with Gasteiger partial charge in [-0.2, -0.15) is 3.89 Å². The maximum absolute atomic E-state index is 13.5. The molecule has 4 rings (SSSR count). The molecular weight excluding hydrogens is 382 g/mol. The summed E-state index contributed by atoms with van der Waals surface area (Å²) in [6, 6.07) is 23.8. The van der Waals surface area contributed by atoms with Gasteiger partial charge in [-0.25, -0.2) is 4.79 Å². The van der Waals surface area contributed by atoms with Crippen molar-refractivity contribution in [1.29, 1.82) is 0 Å². The predicted octanol–water partition coefficient (Wildman–Crippen LogP) is 5.56. The molecule has 0 fully saturated rings. The van der Waals surface area contributed by atoms with E-state index >= 15 is 0 Å². The van der Waals surface area contributed by atoms with Crippen LogP contribution in [0.25, 0.3) is 0 Å². The Balaban J connectivity index is 1.77. The molecule has 4 nitrogen and oxygen atoms in total. The van der Waals surface area contributed by atoms with Crippen molar-refractivity contribution >= 4 is 23.5 Å². The van der Waals surface area contributed by atoms with Crippen LogP contribution in [-0.2, 0) is 11.4 Å². The van der Waals surface area contributed by atoms with Gasteiger partial charge < -0.3 is 9.47 Å². The van der Waals surface area contributed by atoms with Crippen LogP contribution < -0.4 is 13.4 Å². The van der Waals surface area contributed by atoms with Crippen LogP contribution in [0.4, 0.5) is 5.69 Å². The van der Waals surface area contributed by atoms with Crippen LogP contribution in [0.3, 0.4) is 0 Å². The molecule has 0 radical (unpaired) electrons. The Morgan fingerprint density at radius 1 is 0.966 bits per heavy atom. The first kappa shape index (κ1) is 19.6. The van der Waals surface area contributed by atoms with Gasteiger partial charge in [0.15, 0.2) is 11.4 Å². The van der Waals surface area contributed by atoms with E-state index in [0.717, 1.165) is 21.7 Å². The lowest BCUT2D eigenvalue weighted by atomic mass is 9.99. The Hall–Kier alpha value is -2.76. The molecule has 1 aliphatic rings. The number of likely N-dealkylation sites (N-methyl/N-ethyl adjacent to an activating group) is 1. The fourth-order valence-corrected chi connectivity index (χ4v) is 5.08. The highest BCUT2D eigenvalue weighted by Crippen LogP contribution is 2.51. The van der Waals surface area contributed by atoms with Crippen molar-refractivity contribution in [3.63, 3.8) is 0 Å². The van der Waals surface area contributed by atoms with Gasteiger partial charge in [0.1, 0.15) is 18.6 Å². The summed E-state index contributed by atoms with van der Waals surface area (Å²) in [4.78, 5) is 14.6. The maximum Gasteiger partial charge on any atom is 0.337 e. The normalized spacial score (nSPS) is 20.8. The lowest BCUT2D eigenvalue weighted by Crippen LogP contribution is -2.48. The van der Waals surface area contributed by atoms with Crippen LogP contribution in [0, 0.1) is 0 Å². The van der Waals surface area contributed by atoms with Crippen LogP contribution in [-0.4, -0.2) is 20.1 Å². The average molecular weight is 407 g/mol. The first-order valence-electron chi connectivity index (χ1n) is 9.58. The van der Waals surface area contributed by atoms with Gasteiger partial charge in [-0.3, -0.25) is 0 Å². The Morgan fingerprint density at radius 2 is 1.69 bits per heavy atom. The van der Waals surface area contributed by atoms with Gasteiger partial charge in [0.25, 0.3) is 0 Å². The fourth-order valence-electron chi connectivity index (χ4n) is 3.71. The van der Waals surface area contributed by atoms with Crippen molar-refractivity contribution in [2.24, 2.45) is 0 Å². The van der Waals surface area contributed by atoms with Crippen LogP contribution in [0.1, 0.15) is 24.0 Å². The van der Waals surface area contributed by atoms with E-state index in [0.29, 0.717) is 18.1 Å². The largest absolute Gasteiger partial charge is 0.493 e. The number of carbonyl (C=O) groups excluding carboxylic acids is 1. The predicted molar refractivity (Wildman–Crippen MR) is 117 cm³/mol. The molecule has 1 aliphatic heterocycles. The number of amides is 1. The summed E-state index contributed by atoms with van der Waals surface area (Å²) in [5, 5.41) is 0. The van der Waals surface area contributed by atoms with E-state index in [2.05, 4.69) is 6.07 Å². The number of rotatable bonds is 5. The highest BCUT2D eigenvalue weighted by Gasteiger charge is 2.48. The summed E-state index contributed by atoms with van der Waals surface area (Å²) in [7, 11) is 3.56. The molecule has 0 aliphatic carbocycles. The smallest absolute Gasteiger partial charge is 0.337 e. The number of para-hydroxylation sites is 1. The highest BCUT2D eigenvalue weighted by atomic mass is 32.2. The lowest BCUT2D eigenvalue weighted by molar-refractivity contribution is -0.126. The van der Waals surface area contributed by atoms with Gasteiger partial charge in [-0.15, -0.1) is 0 Å². The van der Waals surface area contributed by atoms with E-state index in [-0.39, 0.29) is 15.7 Å². The van der Waals surface area contributed by atoms with Crippen molar-refractivity contribution in [3.05, 3.63) is 83.9 Å². The number of hydrogen-bond donors (Lipinski definition) is 0. The SMILES string of the molecule is COc1cccc([N+]2(C)Sc3ccccc3C(C)C2=O)c1OCc1ccccc1. The molecule has 0 saturated heterocycles. The second-order valence-electron chi connectivity index (χ2n) is 7.20. The van der Waals surface area contributed by atoms with Crippen molar-refractivity contribution in [2.45, 2.75) is 24.3 Å². The minimum absolute atomic E-state index is 0.0690. The second kappa shape index (κ2) is 7.93. The molecule has 3 aromatic carbocycles. The number of hydrogen-bond acceptors (Lipinski definition) is 4. The van der Waals surface area contributed by atoms with Crippen molar-refractivity contribution < 1.29 is 14.3 Å². The minimum atomic E-state index is -0.203. The molecule has 0 spiro atoms. The van der Waals surface area contributed by atoms with Crippen LogP contribution in [0.5, 0.6) is 11.5 Å². The number of fused-ring (bicyclic) bond motifs is 1. The van der Waals surface area contributed by atoms with Crippen LogP contribution in [0.2, 0.25) is 0 Å². The second-order valence-corrected chi connectivity index (χ2v) is 8.55. The third-order valence-electron chi connectivity index (χ3n) is 5.32. The number of quaternary nitrogens is 1. The van der Waals surface area contributed by atoms with E-state index in [1.165, 1.54) is 11.9 Å². The molecule has 148 valence electrons. The topological polar surface area (TPSA) is 35.5 Å². The number of ether oxygens (including phenoxy) is 2. The molecule has 3 aromatic rings.